The molecule has 0 radical (unpaired) electrons. The van der Waals surface area contributed by atoms with Gasteiger partial charge in [-0.1, -0.05) is 6.07 Å². The van der Waals surface area contributed by atoms with Gasteiger partial charge >= 0.3 is 0 Å². The van der Waals surface area contributed by atoms with E-state index in [1.807, 2.05) is 24.3 Å². The van der Waals surface area contributed by atoms with Crippen molar-refractivity contribution in [3.63, 3.8) is 0 Å². The first-order valence-electron chi connectivity index (χ1n) is 7.02. The van der Waals surface area contributed by atoms with Gasteiger partial charge in [0.05, 0.1) is 13.2 Å². The first-order chi connectivity index (χ1) is 10.1. The van der Waals surface area contributed by atoms with Gasteiger partial charge in [-0.2, -0.15) is 0 Å². The molecule has 1 saturated heterocycles. The molecule has 7 heteroatoms. The van der Waals surface area contributed by atoms with Crippen LogP contribution in [0.25, 0.3) is 0 Å². The summed E-state index contributed by atoms with van der Waals surface area (Å²) in [5, 5.41) is 5.83. The zero-order valence-electron chi connectivity index (χ0n) is 12.8. The largest absolute Gasteiger partial charge is 0.497 e. The lowest BCUT2D eigenvalue weighted by molar-refractivity contribution is -0.121. The fraction of sp³-hybridized carbons (Fsp3) is 0.467. The molecule has 1 fully saturated rings. The van der Waals surface area contributed by atoms with Gasteiger partial charge in [-0.3, -0.25) is 9.59 Å². The number of carbonyl (C=O) groups excluding carboxylic acids is 2. The fourth-order valence-electron chi connectivity index (χ4n) is 2.37. The van der Waals surface area contributed by atoms with Crippen molar-refractivity contribution in [2.75, 3.05) is 32.1 Å². The van der Waals surface area contributed by atoms with Crippen LogP contribution in [0.5, 0.6) is 5.75 Å². The maximum Gasteiger partial charge on any atom is 0.229 e. The average Bonchev–Trinajstić information content (AvgIpc) is 2.85. The molecule has 2 N–H and O–H groups in total. The lowest BCUT2D eigenvalue weighted by Crippen LogP contribution is -2.38. The molecule has 1 unspecified atom stereocenters. The molecule has 2 rings (SSSR count). The molecule has 1 aliphatic rings. The van der Waals surface area contributed by atoms with E-state index < -0.39 is 0 Å². The van der Waals surface area contributed by atoms with Crippen molar-refractivity contribution in [3.05, 3.63) is 24.3 Å². The van der Waals surface area contributed by atoms with Gasteiger partial charge in [0.15, 0.2) is 0 Å². The molecule has 122 valence electrons. The van der Waals surface area contributed by atoms with Gasteiger partial charge in [0.2, 0.25) is 11.8 Å². The van der Waals surface area contributed by atoms with E-state index in [4.69, 9.17) is 4.74 Å². The summed E-state index contributed by atoms with van der Waals surface area (Å²) in [6, 6.07) is 7.24. The third kappa shape index (κ3) is 4.61. The molecule has 0 spiro atoms. The van der Waals surface area contributed by atoms with Crippen LogP contribution in [0.2, 0.25) is 0 Å². The van der Waals surface area contributed by atoms with Crippen LogP contribution in [-0.2, 0) is 9.59 Å². The number of halogens is 1. The van der Waals surface area contributed by atoms with Crippen LogP contribution in [0.3, 0.4) is 0 Å². The second kappa shape index (κ2) is 8.60. The normalized spacial score (nSPS) is 17.1. The molecule has 22 heavy (non-hydrogen) atoms. The highest BCUT2D eigenvalue weighted by molar-refractivity contribution is 5.97. The Morgan fingerprint density at radius 1 is 1.45 bits per heavy atom. The van der Waals surface area contributed by atoms with Gasteiger partial charge in [-0.15, -0.1) is 12.4 Å². The molecule has 0 bridgehead atoms. The number of anilines is 1. The monoisotopic (exact) mass is 327 g/mol. The third-order valence-electron chi connectivity index (χ3n) is 3.46. The zero-order chi connectivity index (χ0) is 15.2. The molecular formula is C15H22ClN3O3. The SMILES string of the molecule is CNCCC(=O)NC1CC(=O)N(c2cccc(OC)c2)C1.Cl. The van der Waals surface area contributed by atoms with E-state index in [2.05, 4.69) is 10.6 Å². The Morgan fingerprint density at radius 2 is 2.23 bits per heavy atom. The molecule has 2 amide bonds. The van der Waals surface area contributed by atoms with Gasteiger partial charge in [-0.05, 0) is 19.2 Å². The van der Waals surface area contributed by atoms with Gasteiger partial charge in [0, 0.05) is 37.7 Å². The van der Waals surface area contributed by atoms with E-state index in [1.54, 1.807) is 19.1 Å². The fourth-order valence-corrected chi connectivity index (χ4v) is 2.37. The van der Waals surface area contributed by atoms with Crippen LogP contribution >= 0.6 is 12.4 Å². The summed E-state index contributed by atoms with van der Waals surface area (Å²) in [4.78, 5) is 25.5. The predicted molar refractivity (Wildman–Crippen MR) is 87.7 cm³/mol. The Hall–Kier alpha value is -1.79. The van der Waals surface area contributed by atoms with Crippen LogP contribution in [0.4, 0.5) is 5.69 Å². The summed E-state index contributed by atoms with van der Waals surface area (Å²) in [5.74, 6) is 0.693. The number of methoxy groups -OCH3 is 1. The van der Waals surface area contributed by atoms with Crippen molar-refractivity contribution in [2.24, 2.45) is 0 Å². The summed E-state index contributed by atoms with van der Waals surface area (Å²) in [7, 11) is 3.40. The average molecular weight is 328 g/mol. The van der Waals surface area contributed by atoms with Crippen molar-refractivity contribution in [1.82, 2.24) is 10.6 Å². The van der Waals surface area contributed by atoms with E-state index in [0.29, 0.717) is 31.7 Å². The Bertz CT molecular complexity index is 525. The predicted octanol–water partition coefficient (Wildman–Crippen LogP) is 0.948. The number of benzene rings is 1. The van der Waals surface area contributed by atoms with Crippen LogP contribution in [0.15, 0.2) is 24.3 Å². The first kappa shape index (κ1) is 18.3. The number of nitrogens with zero attached hydrogens (tertiary/aromatic N) is 1. The van der Waals surface area contributed by atoms with E-state index in [-0.39, 0.29) is 30.3 Å². The molecule has 1 aromatic rings. The molecule has 6 nitrogen and oxygen atoms in total. The number of amides is 2. The standard InChI is InChI=1S/C15H21N3O3.ClH/c1-16-7-6-14(19)17-11-8-15(20)18(10-11)12-4-3-5-13(9-12)21-2;/h3-5,9,11,16H,6-8,10H2,1-2H3,(H,17,19);1H. The van der Waals surface area contributed by atoms with Crippen LogP contribution < -0.4 is 20.3 Å². The van der Waals surface area contributed by atoms with Crippen molar-refractivity contribution in [1.29, 1.82) is 0 Å². The summed E-state index contributed by atoms with van der Waals surface area (Å²) in [6.07, 6.45) is 0.753. The summed E-state index contributed by atoms with van der Waals surface area (Å²) in [5.41, 5.74) is 0.798. The van der Waals surface area contributed by atoms with Gasteiger partial charge in [-0.25, -0.2) is 0 Å². The molecule has 0 saturated carbocycles. The van der Waals surface area contributed by atoms with E-state index in [1.165, 1.54) is 0 Å². The molecular weight excluding hydrogens is 306 g/mol. The van der Waals surface area contributed by atoms with Crippen LogP contribution in [0, 0.1) is 0 Å². The number of ether oxygens (including phenoxy) is 1. The smallest absolute Gasteiger partial charge is 0.229 e. The van der Waals surface area contributed by atoms with Crippen molar-refractivity contribution >= 4 is 29.9 Å². The highest BCUT2D eigenvalue weighted by Gasteiger charge is 2.31. The molecule has 1 aliphatic heterocycles. The minimum Gasteiger partial charge on any atom is -0.497 e. The molecule has 1 atom stereocenters. The highest BCUT2D eigenvalue weighted by Crippen LogP contribution is 2.25. The second-order valence-corrected chi connectivity index (χ2v) is 5.03. The van der Waals surface area contributed by atoms with Gasteiger partial charge in [0.25, 0.3) is 0 Å². The van der Waals surface area contributed by atoms with E-state index in [9.17, 15) is 9.59 Å². The minimum atomic E-state index is -0.131. The second-order valence-electron chi connectivity index (χ2n) is 5.03. The lowest BCUT2D eigenvalue weighted by Gasteiger charge is -2.18. The quantitative estimate of drug-likeness (QED) is 0.816. The number of hydrogen-bond acceptors (Lipinski definition) is 4. The van der Waals surface area contributed by atoms with Crippen molar-refractivity contribution in [3.8, 4) is 5.75 Å². The lowest BCUT2D eigenvalue weighted by atomic mass is 10.2. The molecule has 0 aromatic heterocycles. The maximum atomic E-state index is 12.1. The number of nitrogens with one attached hydrogen (secondary N) is 2. The third-order valence-corrected chi connectivity index (χ3v) is 3.46. The van der Waals surface area contributed by atoms with Crippen LogP contribution in [-0.4, -0.2) is 45.1 Å². The Labute approximate surface area is 136 Å². The zero-order valence-corrected chi connectivity index (χ0v) is 13.6. The topological polar surface area (TPSA) is 70.7 Å². The molecule has 1 heterocycles. The van der Waals surface area contributed by atoms with E-state index in [0.717, 1.165) is 5.69 Å². The first-order valence-corrected chi connectivity index (χ1v) is 7.02. The number of rotatable bonds is 6. The summed E-state index contributed by atoms with van der Waals surface area (Å²) >= 11 is 0. The van der Waals surface area contributed by atoms with Crippen molar-refractivity contribution in [2.45, 2.75) is 18.9 Å². The summed E-state index contributed by atoms with van der Waals surface area (Å²) in [6.45, 7) is 1.13. The van der Waals surface area contributed by atoms with E-state index >= 15 is 0 Å². The molecule has 1 aromatic carbocycles. The maximum absolute atomic E-state index is 12.1. The van der Waals surface area contributed by atoms with Crippen LogP contribution in [0.1, 0.15) is 12.8 Å². The Morgan fingerprint density at radius 3 is 2.91 bits per heavy atom. The minimum absolute atomic E-state index is 0. The van der Waals surface area contributed by atoms with Gasteiger partial charge < -0.3 is 20.3 Å². The van der Waals surface area contributed by atoms with Gasteiger partial charge in [0.1, 0.15) is 5.75 Å². The Balaban J connectivity index is 0.00000242. The van der Waals surface area contributed by atoms with Crippen molar-refractivity contribution < 1.29 is 14.3 Å². The molecule has 0 aliphatic carbocycles. The summed E-state index contributed by atoms with van der Waals surface area (Å²) < 4.78 is 5.17. The number of hydrogen-bond donors (Lipinski definition) is 2. The Kier molecular flexibility index (Phi) is 7.14. The highest BCUT2D eigenvalue weighted by atomic mass is 35.5. The number of carbonyl (C=O) groups is 2.